The minimum atomic E-state index is 0.506. The van der Waals surface area contributed by atoms with Crippen molar-refractivity contribution >= 4 is 23.2 Å². The van der Waals surface area contributed by atoms with Gasteiger partial charge in [-0.05, 0) is 36.2 Å². The molecule has 0 aliphatic rings. The summed E-state index contributed by atoms with van der Waals surface area (Å²) in [6.45, 7) is 4.59. The normalized spacial score (nSPS) is 10.6. The summed E-state index contributed by atoms with van der Waals surface area (Å²) < 4.78 is 5.75. The van der Waals surface area contributed by atoms with E-state index in [4.69, 9.17) is 27.9 Å². The molecule has 2 rings (SSSR count). The van der Waals surface area contributed by atoms with Gasteiger partial charge in [-0.15, -0.1) is 0 Å². The summed E-state index contributed by atoms with van der Waals surface area (Å²) in [5.74, 6) is 0.721. The lowest BCUT2D eigenvalue weighted by Gasteiger charge is -2.09. The van der Waals surface area contributed by atoms with Gasteiger partial charge in [0.25, 0.3) is 0 Å². The monoisotopic (exact) mass is 323 g/mol. The summed E-state index contributed by atoms with van der Waals surface area (Å²) in [7, 11) is 0. The van der Waals surface area contributed by atoms with Gasteiger partial charge < -0.3 is 10.1 Å². The van der Waals surface area contributed by atoms with Gasteiger partial charge in [-0.1, -0.05) is 54.4 Å². The van der Waals surface area contributed by atoms with Crippen LogP contribution in [-0.4, -0.2) is 6.54 Å². The van der Waals surface area contributed by atoms with E-state index in [1.54, 1.807) is 12.1 Å². The van der Waals surface area contributed by atoms with E-state index >= 15 is 0 Å². The minimum absolute atomic E-state index is 0.506. The van der Waals surface area contributed by atoms with Crippen molar-refractivity contribution in [2.75, 3.05) is 6.54 Å². The second-order valence-corrected chi connectivity index (χ2v) is 5.68. The average Bonchev–Trinajstić information content (AvgIpc) is 2.49. The van der Waals surface area contributed by atoms with Crippen molar-refractivity contribution in [2.45, 2.75) is 26.5 Å². The Hall–Kier alpha value is -1.22. The van der Waals surface area contributed by atoms with E-state index in [-0.39, 0.29) is 0 Å². The smallest absolute Gasteiger partial charge is 0.121 e. The van der Waals surface area contributed by atoms with E-state index < -0.39 is 0 Å². The molecule has 0 saturated heterocycles. The number of nitrogens with one attached hydrogen (secondary N) is 1. The SMILES string of the molecule is CCCNCc1cccc(COc2ccc(Cl)c(Cl)c2)c1. The van der Waals surface area contributed by atoms with Crippen molar-refractivity contribution in [3.05, 3.63) is 63.6 Å². The summed E-state index contributed by atoms with van der Waals surface area (Å²) >= 11 is 11.9. The topological polar surface area (TPSA) is 21.3 Å². The molecule has 1 N–H and O–H groups in total. The van der Waals surface area contributed by atoms with Crippen LogP contribution in [0.4, 0.5) is 0 Å². The molecule has 0 saturated carbocycles. The minimum Gasteiger partial charge on any atom is -0.489 e. The Morgan fingerprint density at radius 3 is 2.57 bits per heavy atom. The number of benzene rings is 2. The second-order valence-electron chi connectivity index (χ2n) is 4.86. The molecule has 2 nitrogen and oxygen atoms in total. The Bertz CT molecular complexity index is 587. The molecule has 0 bridgehead atoms. The van der Waals surface area contributed by atoms with Gasteiger partial charge >= 0.3 is 0 Å². The molecule has 2 aromatic carbocycles. The van der Waals surface area contributed by atoms with Gasteiger partial charge in [0, 0.05) is 12.6 Å². The zero-order valence-electron chi connectivity index (χ0n) is 12.0. The predicted molar refractivity (Wildman–Crippen MR) is 89.2 cm³/mol. The molecule has 2 aromatic rings. The highest BCUT2D eigenvalue weighted by atomic mass is 35.5. The lowest BCUT2D eigenvalue weighted by atomic mass is 10.1. The van der Waals surface area contributed by atoms with Crippen molar-refractivity contribution in [1.29, 1.82) is 0 Å². The standard InChI is InChI=1S/C17H19Cl2NO/c1-2-8-20-11-13-4-3-5-14(9-13)12-21-15-6-7-16(18)17(19)10-15/h3-7,9-10,20H,2,8,11-12H2,1H3. The van der Waals surface area contributed by atoms with Gasteiger partial charge in [0.1, 0.15) is 12.4 Å². The van der Waals surface area contributed by atoms with Crippen molar-refractivity contribution < 1.29 is 4.74 Å². The van der Waals surface area contributed by atoms with Crippen LogP contribution in [0.5, 0.6) is 5.75 Å². The van der Waals surface area contributed by atoms with Crippen LogP contribution < -0.4 is 10.1 Å². The number of hydrogen-bond donors (Lipinski definition) is 1. The quantitative estimate of drug-likeness (QED) is 0.718. The molecule has 112 valence electrons. The molecule has 0 aliphatic carbocycles. The van der Waals surface area contributed by atoms with Crippen molar-refractivity contribution in [3.63, 3.8) is 0 Å². The Balaban J connectivity index is 1.93. The summed E-state index contributed by atoms with van der Waals surface area (Å²) in [6, 6.07) is 13.7. The molecule has 0 atom stereocenters. The largest absolute Gasteiger partial charge is 0.489 e. The molecule has 0 fully saturated rings. The number of hydrogen-bond acceptors (Lipinski definition) is 2. The zero-order chi connectivity index (χ0) is 15.1. The molecule has 4 heteroatoms. The zero-order valence-corrected chi connectivity index (χ0v) is 13.5. The van der Waals surface area contributed by atoms with Gasteiger partial charge in [0.2, 0.25) is 0 Å². The van der Waals surface area contributed by atoms with Gasteiger partial charge in [-0.3, -0.25) is 0 Å². The highest BCUT2D eigenvalue weighted by molar-refractivity contribution is 6.42. The lowest BCUT2D eigenvalue weighted by Crippen LogP contribution is -2.13. The van der Waals surface area contributed by atoms with Crippen LogP contribution in [-0.2, 0) is 13.2 Å². The summed E-state index contributed by atoms with van der Waals surface area (Å²) in [5.41, 5.74) is 2.40. The first-order valence-corrected chi connectivity index (χ1v) is 7.81. The summed E-state index contributed by atoms with van der Waals surface area (Å²) in [5, 5.41) is 4.43. The van der Waals surface area contributed by atoms with Crippen LogP contribution in [0.2, 0.25) is 10.0 Å². The Labute approximate surface area is 136 Å². The molecule has 0 aliphatic heterocycles. The highest BCUT2D eigenvalue weighted by Crippen LogP contribution is 2.26. The number of rotatable bonds is 7. The van der Waals surface area contributed by atoms with E-state index in [0.29, 0.717) is 16.7 Å². The van der Waals surface area contributed by atoms with E-state index in [9.17, 15) is 0 Å². The van der Waals surface area contributed by atoms with Crippen LogP contribution in [0.1, 0.15) is 24.5 Å². The van der Waals surface area contributed by atoms with Crippen molar-refractivity contribution in [1.82, 2.24) is 5.32 Å². The summed E-state index contributed by atoms with van der Waals surface area (Å²) in [6.07, 6.45) is 1.14. The fourth-order valence-corrected chi connectivity index (χ4v) is 2.26. The molecule has 0 heterocycles. The molecular formula is C17H19Cl2NO. The average molecular weight is 324 g/mol. The maximum Gasteiger partial charge on any atom is 0.121 e. The van der Waals surface area contributed by atoms with Gasteiger partial charge in [0.05, 0.1) is 10.0 Å². The molecule has 0 aromatic heterocycles. The van der Waals surface area contributed by atoms with Crippen LogP contribution in [0.15, 0.2) is 42.5 Å². The van der Waals surface area contributed by atoms with Crippen molar-refractivity contribution in [3.8, 4) is 5.75 Å². The summed E-state index contributed by atoms with van der Waals surface area (Å²) in [4.78, 5) is 0. The fraction of sp³-hybridized carbons (Fsp3) is 0.294. The molecule has 21 heavy (non-hydrogen) atoms. The van der Waals surface area contributed by atoms with Crippen LogP contribution >= 0.6 is 23.2 Å². The van der Waals surface area contributed by atoms with Crippen LogP contribution in [0.3, 0.4) is 0 Å². The van der Waals surface area contributed by atoms with E-state index in [1.165, 1.54) is 5.56 Å². The molecule has 0 radical (unpaired) electrons. The third-order valence-corrected chi connectivity index (χ3v) is 3.78. The number of halogens is 2. The Kier molecular flexibility index (Phi) is 6.37. The second kappa shape index (κ2) is 8.28. The molecule has 0 unspecified atom stereocenters. The molecule has 0 amide bonds. The fourth-order valence-electron chi connectivity index (χ4n) is 1.97. The maximum absolute atomic E-state index is 5.97. The first kappa shape index (κ1) is 16.2. The van der Waals surface area contributed by atoms with E-state index in [1.807, 2.05) is 6.07 Å². The van der Waals surface area contributed by atoms with Crippen molar-refractivity contribution in [2.24, 2.45) is 0 Å². The van der Waals surface area contributed by atoms with E-state index in [0.717, 1.165) is 30.8 Å². The van der Waals surface area contributed by atoms with E-state index in [2.05, 4.69) is 36.5 Å². The third-order valence-electron chi connectivity index (χ3n) is 3.04. The van der Waals surface area contributed by atoms with Gasteiger partial charge in [-0.2, -0.15) is 0 Å². The third kappa shape index (κ3) is 5.24. The van der Waals surface area contributed by atoms with Gasteiger partial charge in [0.15, 0.2) is 0 Å². The number of ether oxygens (including phenoxy) is 1. The highest BCUT2D eigenvalue weighted by Gasteiger charge is 2.02. The van der Waals surface area contributed by atoms with Crippen LogP contribution in [0.25, 0.3) is 0 Å². The maximum atomic E-state index is 5.97. The van der Waals surface area contributed by atoms with Gasteiger partial charge in [-0.25, -0.2) is 0 Å². The lowest BCUT2D eigenvalue weighted by molar-refractivity contribution is 0.306. The Morgan fingerprint density at radius 1 is 1.00 bits per heavy atom. The first-order chi connectivity index (χ1) is 10.2. The Morgan fingerprint density at radius 2 is 1.81 bits per heavy atom. The predicted octanol–water partition coefficient (Wildman–Crippen LogP) is 5.07. The molecule has 0 spiro atoms. The van der Waals surface area contributed by atoms with Crippen LogP contribution in [0, 0.1) is 0 Å². The first-order valence-electron chi connectivity index (χ1n) is 7.05. The molecular weight excluding hydrogens is 305 g/mol.